The first-order valence-electron chi connectivity index (χ1n) is 6.13. The Morgan fingerprint density at radius 3 is 2.52 bits per heavy atom. The molecule has 1 aromatic carbocycles. The maximum Gasteiger partial charge on any atom is 0.296 e. The van der Waals surface area contributed by atoms with Crippen LogP contribution in [0.5, 0.6) is 0 Å². The molecule has 0 radical (unpaired) electrons. The van der Waals surface area contributed by atoms with Crippen molar-refractivity contribution in [2.75, 3.05) is 0 Å². The average Bonchev–Trinajstić information content (AvgIpc) is 2.77. The number of rotatable bonds is 5. The van der Waals surface area contributed by atoms with Gasteiger partial charge in [0.25, 0.3) is 14.2 Å². The molecule has 2 rings (SSSR count). The molecule has 0 amide bonds. The van der Waals surface area contributed by atoms with Gasteiger partial charge in [0.2, 0.25) is 0 Å². The Kier molecular flexibility index (Phi) is 4.58. The number of hydrogen-bond donors (Lipinski definition) is 0. The zero-order valence-electron chi connectivity index (χ0n) is 11.1. The minimum atomic E-state index is -4.01. The van der Waals surface area contributed by atoms with Crippen molar-refractivity contribution < 1.29 is 17.2 Å². The van der Waals surface area contributed by atoms with Crippen LogP contribution in [0.1, 0.15) is 24.7 Å². The van der Waals surface area contributed by atoms with E-state index in [4.69, 9.17) is 10.7 Å². The molecule has 1 heterocycles. The predicted octanol–water partition coefficient (Wildman–Crippen LogP) is 2.48. The number of halogens is 3. The Hall–Kier alpha value is -1.54. The largest absolute Gasteiger partial charge is 0.301 e. The van der Waals surface area contributed by atoms with Crippen LogP contribution < -0.4 is 0 Å². The van der Waals surface area contributed by atoms with E-state index in [2.05, 4.69) is 10.2 Å². The fraction of sp³-hybridized carbons (Fsp3) is 0.333. The van der Waals surface area contributed by atoms with Gasteiger partial charge in [0.05, 0.1) is 0 Å². The van der Waals surface area contributed by atoms with E-state index in [-0.39, 0.29) is 11.6 Å². The van der Waals surface area contributed by atoms with Crippen LogP contribution in [0.15, 0.2) is 23.4 Å². The van der Waals surface area contributed by atoms with Gasteiger partial charge in [0.1, 0.15) is 5.82 Å². The van der Waals surface area contributed by atoms with Crippen LogP contribution in [0.2, 0.25) is 0 Å². The quantitative estimate of drug-likeness (QED) is 0.787. The summed E-state index contributed by atoms with van der Waals surface area (Å²) in [4.78, 5) is 0. The van der Waals surface area contributed by atoms with Crippen molar-refractivity contribution in [2.24, 2.45) is 0 Å². The average molecular weight is 336 g/mol. The fourth-order valence-corrected chi connectivity index (χ4v) is 2.85. The minimum Gasteiger partial charge on any atom is -0.301 e. The van der Waals surface area contributed by atoms with Crippen molar-refractivity contribution in [3.8, 4) is 0 Å². The standard InChI is InChI=1S/C12H12ClF2N3O2S/c1-2-5-18-11(16-17-12(18)21(13,19)20)7-8-3-4-9(14)10(15)6-8/h3-4,6H,2,5,7H2,1H3. The molecule has 9 heteroatoms. The topological polar surface area (TPSA) is 64.8 Å². The summed E-state index contributed by atoms with van der Waals surface area (Å²) < 4.78 is 50.3. The van der Waals surface area contributed by atoms with Crippen molar-refractivity contribution in [3.63, 3.8) is 0 Å². The molecule has 0 saturated heterocycles. The third-order valence-electron chi connectivity index (χ3n) is 2.80. The monoisotopic (exact) mass is 335 g/mol. The van der Waals surface area contributed by atoms with Crippen molar-refractivity contribution in [1.29, 1.82) is 0 Å². The van der Waals surface area contributed by atoms with Gasteiger partial charge in [0, 0.05) is 23.6 Å². The molecule has 0 atom stereocenters. The van der Waals surface area contributed by atoms with Crippen LogP contribution in [0.3, 0.4) is 0 Å². The van der Waals surface area contributed by atoms with Gasteiger partial charge >= 0.3 is 0 Å². The number of nitrogens with zero attached hydrogens (tertiary/aromatic N) is 3. The number of aromatic nitrogens is 3. The maximum absolute atomic E-state index is 13.2. The molecule has 0 bridgehead atoms. The van der Waals surface area contributed by atoms with Crippen LogP contribution in [0, 0.1) is 11.6 Å². The first-order valence-corrected chi connectivity index (χ1v) is 8.44. The zero-order chi connectivity index (χ0) is 15.6. The molecule has 0 aliphatic rings. The molecule has 2 aromatic rings. The molecule has 0 spiro atoms. The Balaban J connectivity index is 2.40. The van der Waals surface area contributed by atoms with Gasteiger partial charge in [0.15, 0.2) is 11.6 Å². The van der Waals surface area contributed by atoms with Crippen LogP contribution >= 0.6 is 10.7 Å². The summed E-state index contributed by atoms with van der Waals surface area (Å²) >= 11 is 0. The second-order valence-corrected chi connectivity index (χ2v) is 6.87. The predicted molar refractivity (Wildman–Crippen MR) is 72.5 cm³/mol. The lowest BCUT2D eigenvalue weighted by Crippen LogP contribution is -2.10. The Bertz CT molecular complexity index is 762. The number of benzene rings is 1. The van der Waals surface area contributed by atoms with Crippen molar-refractivity contribution in [3.05, 3.63) is 41.2 Å². The first-order chi connectivity index (χ1) is 9.82. The van der Waals surface area contributed by atoms with E-state index in [9.17, 15) is 17.2 Å². The van der Waals surface area contributed by atoms with Crippen LogP contribution in [-0.4, -0.2) is 23.2 Å². The van der Waals surface area contributed by atoms with Gasteiger partial charge in [-0.3, -0.25) is 0 Å². The molecule has 21 heavy (non-hydrogen) atoms. The van der Waals surface area contributed by atoms with Gasteiger partial charge in [-0.15, -0.1) is 10.2 Å². The summed E-state index contributed by atoms with van der Waals surface area (Å²) in [7, 11) is 1.29. The van der Waals surface area contributed by atoms with Gasteiger partial charge in [-0.25, -0.2) is 17.2 Å². The normalized spacial score (nSPS) is 11.8. The molecule has 5 nitrogen and oxygen atoms in total. The van der Waals surface area contributed by atoms with Crippen LogP contribution in [0.25, 0.3) is 0 Å². The molecular formula is C12H12ClF2N3O2S. The molecule has 114 valence electrons. The van der Waals surface area contributed by atoms with Gasteiger partial charge in [-0.2, -0.15) is 0 Å². The lowest BCUT2D eigenvalue weighted by Gasteiger charge is -2.07. The van der Waals surface area contributed by atoms with Crippen LogP contribution in [0.4, 0.5) is 8.78 Å². The minimum absolute atomic E-state index is 0.122. The SMILES string of the molecule is CCCn1c(Cc2ccc(F)c(F)c2)nnc1S(=O)(=O)Cl. The van der Waals surface area contributed by atoms with E-state index >= 15 is 0 Å². The summed E-state index contributed by atoms with van der Waals surface area (Å²) in [5, 5.41) is 7.01. The highest BCUT2D eigenvalue weighted by Gasteiger charge is 2.22. The Labute approximate surface area is 125 Å². The molecule has 0 aliphatic carbocycles. The molecule has 0 unspecified atom stereocenters. The Morgan fingerprint density at radius 2 is 1.95 bits per heavy atom. The molecular weight excluding hydrogens is 324 g/mol. The smallest absolute Gasteiger partial charge is 0.296 e. The molecule has 0 fully saturated rings. The highest BCUT2D eigenvalue weighted by molar-refractivity contribution is 8.13. The van der Waals surface area contributed by atoms with E-state index in [1.165, 1.54) is 10.6 Å². The van der Waals surface area contributed by atoms with E-state index in [0.717, 1.165) is 12.1 Å². The summed E-state index contributed by atoms with van der Waals surface area (Å²) in [5.74, 6) is -1.60. The van der Waals surface area contributed by atoms with Gasteiger partial charge in [-0.05, 0) is 24.1 Å². The summed E-state index contributed by atoms with van der Waals surface area (Å²) in [6.45, 7) is 2.21. The van der Waals surface area contributed by atoms with Crippen molar-refractivity contribution >= 4 is 19.7 Å². The fourth-order valence-electron chi connectivity index (χ4n) is 1.91. The molecule has 1 aromatic heterocycles. The second kappa shape index (κ2) is 6.07. The highest BCUT2D eigenvalue weighted by atomic mass is 35.7. The maximum atomic E-state index is 13.2. The van der Waals surface area contributed by atoms with E-state index in [0.29, 0.717) is 24.4 Å². The van der Waals surface area contributed by atoms with Crippen molar-refractivity contribution in [1.82, 2.24) is 14.8 Å². The van der Waals surface area contributed by atoms with E-state index in [1.807, 2.05) is 6.92 Å². The zero-order valence-corrected chi connectivity index (χ0v) is 12.6. The lowest BCUT2D eigenvalue weighted by atomic mass is 10.1. The molecule has 0 N–H and O–H groups in total. The summed E-state index contributed by atoms with van der Waals surface area (Å²) in [6.07, 6.45) is 0.763. The van der Waals surface area contributed by atoms with Gasteiger partial charge in [-0.1, -0.05) is 13.0 Å². The second-order valence-electron chi connectivity index (χ2n) is 4.41. The lowest BCUT2D eigenvalue weighted by molar-refractivity contribution is 0.507. The summed E-state index contributed by atoms with van der Waals surface area (Å²) in [6, 6.07) is 3.44. The van der Waals surface area contributed by atoms with Crippen LogP contribution in [-0.2, 0) is 22.0 Å². The third-order valence-corrected chi connectivity index (χ3v) is 3.96. The third kappa shape index (κ3) is 3.56. The van der Waals surface area contributed by atoms with Gasteiger partial charge < -0.3 is 4.57 Å². The molecule has 0 aliphatic heterocycles. The van der Waals surface area contributed by atoms with E-state index < -0.39 is 20.7 Å². The first kappa shape index (κ1) is 15.8. The highest BCUT2D eigenvalue weighted by Crippen LogP contribution is 2.18. The van der Waals surface area contributed by atoms with Crippen molar-refractivity contribution in [2.45, 2.75) is 31.5 Å². The number of hydrogen-bond acceptors (Lipinski definition) is 4. The summed E-state index contributed by atoms with van der Waals surface area (Å²) in [5.41, 5.74) is 0.456. The molecule has 0 saturated carbocycles. The van der Waals surface area contributed by atoms with E-state index in [1.54, 1.807) is 0 Å². The Morgan fingerprint density at radius 1 is 1.24 bits per heavy atom.